The molecule has 0 bridgehead atoms. The maximum Gasteiger partial charge on any atom is 0.254 e. The molecule has 1 aromatic heterocycles. The molecule has 0 spiro atoms. The molecule has 0 saturated carbocycles. The van der Waals surface area contributed by atoms with Crippen molar-refractivity contribution in [2.45, 2.75) is 25.8 Å². The molecule has 0 fully saturated rings. The lowest BCUT2D eigenvalue weighted by atomic mass is 9.93. The zero-order valence-electron chi connectivity index (χ0n) is 14.6. The summed E-state index contributed by atoms with van der Waals surface area (Å²) >= 11 is 0. The van der Waals surface area contributed by atoms with E-state index in [1.54, 1.807) is 18.3 Å². The van der Waals surface area contributed by atoms with E-state index >= 15 is 0 Å². The summed E-state index contributed by atoms with van der Waals surface area (Å²) in [7, 11) is 0. The standard InChI is InChI=1S/C21H22N2O3/c24-21(18-8-9-19-20(11-18)26-15-25-19)23(13-16-5-2-1-3-6-16)14-17-7-4-10-22-12-17/h1-2,4,7-12,16H,3,5-6,13-15H2. The summed E-state index contributed by atoms with van der Waals surface area (Å²) in [5.74, 6) is 1.84. The average molecular weight is 350 g/mol. The first kappa shape index (κ1) is 16.6. The Bertz CT molecular complexity index is 804. The van der Waals surface area contributed by atoms with Crippen LogP contribution < -0.4 is 9.47 Å². The Hall–Kier alpha value is -2.82. The van der Waals surface area contributed by atoms with Crippen LogP contribution in [-0.2, 0) is 6.54 Å². The fraction of sp³-hybridized carbons (Fsp3) is 0.333. The molecule has 26 heavy (non-hydrogen) atoms. The normalized spacial score (nSPS) is 17.9. The number of hydrogen-bond acceptors (Lipinski definition) is 4. The van der Waals surface area contributed by atoms with Gasteiger partial charge in [-0.1, -0.05) is 18.2 Å². The van der Waals surface area contributed by atoms with Crippen LogP contribution >= 0.6 is 0 Å². The molecule has 1 aliphatic carbocycles. The first-order valence-corrected chi connectivity index (χ1v) is 9.02. The van der Waals surface area contributed by atoms with Gasteiger partial charge < -0.3 is 14.4 Å². The third-order valence-corrected chi connectivity index (χ3v) is 4.86. The highest BCUT2D eigenvalue weighted by molar-refractivity contribution is 5.95. The highest BCUT2D eigenvalue weighted by Crippen LogP contribution is 2.33. The molecular formula is C21H22N2O3. The molecule has 2 aromatic rings. The zero-order valence-corrected chi connectivity index (χ0v) is 14.6. The number of aromatic nitrogens is 1. The molecule has 5 nitrogen and oxygen atoms in total. The smallest absolute Gasteiger partial charge is 0.254 e. The van der Waals surface area contributed by atoms with Gasteiger partial charge in [-0.05, 0) is 55.0 Å². The second-order valence-electron chi connectivity index (χ2n) is 6.77. The highest BCUT2D eigenvalue weighted by Gasteiger charge is 2.23. The third kappa shape index (κ3) is 3.72. The van der Waals surface area contributed by atoms with E-state index in [0.29, 0.717) is 29.5 Å². The van der Waals surface area contributed by atoms with E-state index in [1.807, 2.05) is 29.3 Å². The minimum atomic E-state index is 0.0155. The second kappa shape index (κ2) is 7.60. The second-order valence-corrected chi connectivity index (χ2v) is 6.77. The fourth-order valence-corrected chi connectivity index (χ4v) is 3.48. The number of nitrogens with zero attached hydrogens (tertiary/aromatic N) is 2. The number of allylic oxidation sites excluding steroid dienone is 2. The predicted molar refractivity (Wildman–Crippen MR) is 98.0 cm³/mol. The van der Waals surface area contributed by atoms with Crippen LogP contribution in [-0.4, -0.2) is 29.1 Å². The Labute approximate surface area is 153 Å². The molecule has 134 valence electrons. The van der Waals surface area contributed by atoms with Gasteiger partial charge in [-0.25, -0.2) is 0 Å². The number of ether oxygens (including phenoxy) is 2. The van der Waals surface area contributed by atoms with Crippen molar-refractivity contribution in [1.82, 2.24) is 9.88 Å². The molecule has 5 heteroatoms. The van der Waals surface area contributed by atoms with Crippen LogP contribution in [0.5, 0.6) is 11.5 Å². The summed E-state index contributed by atoms with van der Waals surface area (Å²) in [5, 5.41) is 0. The number of carbonyl (C=O) groups excluding carboxylic acids is 1. The number of hydrogen-bond donors (Lipinski definition) is 0. The molecular weight excluding hydrogens is 328 g/mol. The van der Waals surface area contributed by atoms with Crippen molar-refractivity contribution in [3.05, 3.63) is 66.0 Å². The van der Waals surface area contributed by atoms with Crippen LogP contribution in [0.2, 0.25) is 0 Å². The lowest BCUT2D eigenvalue weighted by Gasteiger charge is -2.28. The van der Waals surface area contributed by atoms with Gasteiger partial charge in [-0.3, -0.25) is 9.78 Å². The molecule has 1 unspecified atom stereocenters. The Morgan fingerprint density at radius 3 is 2.92 bits per heavy atom. The molecule has 2 heterocycles. The Balaban J connectivity index is 1.56. The van der Waals surface area contributed by atoms with Crippen molar-refractivity contribution in [1.29, 1.82) is 0 Å². The summed E-state index contributed by atoms with van der Waals surface area (Å²) in [6.45, 7) is 1.51. The highest BCUT2D eigenvalue weighted by atomic mass is 16.7. The van der Waals surface area contributed by atoms with Gasteiger partial charge in [0.2, 0.25) is 6.79 Å². The van der Waals surface area contributed by atoms with Gasteiger partial charge in [0, 0.05) is 31.0 Å². The lowest BCUT2D eigenvalue weighted by Crippen LogP contribution is -2.35. The van der Waals surface area contributed by atoms with Crippen LogP contribution in [0.4, 0.5) is 0 Å². The maximum absolute atomic E-state index is 13.2. The summed E-state index contributed by atoms with van der Waals surface area (Å²) in [6, 6.07) is 9.31. The third-order valence-electron chi connectivity index (χ3n) is 4.86. The number of benzene rings is 1. The minimum Gasteiger partial charge on any atom is -0.454 e. The van der Waals surface area contributed by atoms with Gasteiger partial charge in [-0.15, -0.1) is 0 Å². The van der Waals surface area contributed by atoms with Gasteiger partial charge in [0.25, 0.3) is 5.91 Å². The molecule has 0 N–H and O–H groups in total. The molecule has 0 radical (unpaired) electrons. The molecule has 2 aliphatic rings. The van der Waals surface area contributed by atoms with E-state index in [2.05, 4.69) is 17.1 Å². The Kier molecular flexibility index (Phi) is 4.86. The van der Waals surface area contributed by atoms with Gasteiger partial charge in [-0.2, -0.15) is 0 Å². The summed E-state index contributed by atoms with van der Waals surface area (Å²) < 4.78 is 10.8. The summed E-state index contributed by atoms with van der Waals surface area (Å²) in [5.41, 5.74) is 1.66. The first-order valence-electron chi connectivity index (χ1n) is 9.02. The van der Waals surface area contributed by atoms with E-state index in [-0.39, 0.29) is 12.7 Å². The van der Waals surface area contributed by atoms with Crippen molar-refractivity contribution < 1.29 is 14.3 Å². The average Bonchev–Trinajstić information content (AvgIpc) is 3.16. The van der Waals surface area contributed by atoms with E-state index in [1.165, 1.54) is 0 Å². The van der Waals surface area contributed by atoms with E-state index < -0.39 is 0 Å². The monoisotopic (exact) mass is 350 g/mol. The first-order chi connectivity index (χ1) is 12.8. The molecule has 1 atom stereocenters. The number of amides is 1. The number of rotatable bonds is 5. The van der Waals surface area contributed by atoms with Gasteiger partial charge >= 0.3 is 0 Å². The van der Waals surface area contributed by atoms with Crippen LogP contribution in [0, 0.1) is 5.92 Å². The molecule has 4 rings (SSSR count). The Morgan fingerprint density at radius 1 is 1.19 bits per heavy atom. The van der Waals surface area contributed by atoms with E-state index in [0.717, 1.165) is 31.4 Å². The quantitative estimate of drug-likeness (QED) is 0.770. The van der Waals surface area contributed by atoms with Crippen LogP contribution in [0.3, 0.4) is 0 Å². The van der Waals surface area contributed by atoms with Crippen molar-refractivity contribution >= 4 is 5.91 Å². The van der Waals surface area contributed by atoms with Crippen molar-refractivity contribution in [3.63, 3.8) is 0 Å². The SMILES string of the molecule is O=C(c1ccc2c(c1)OCO2)N(Cc1cccnc1)CC1CC=CCC1. The molecule has 1 amide bonds. The lowest BCUT2D eigenvalue weighted by molar-refractivity contribution is 0.0709. The summed E-state index contributed by atoms with van der Waals surface area (Å²) in [6.07, 6.45) is 11.2. The van der Waals surface area contributed by atoms with Gasteiger partial charge in [0.15, 0.2) is 11.5 Å². The van der Waals surface area contributed by atoms with Crippen LogP contribution in [0.15, 0.2) is 54.9 Å². The van der Waals surface area contributed by atoms with Crippen molar-refractivity contribution in [3.8, 4) is 11.5 Å². The fourth-order valence-electron chi connectivity index (χ4n) is 3.48. The van der Waals surface area contributed by atoms with Gasteiger partial charge in [0.1, 0.15) is 0 Å². The number of fused-ring (bicyclic) bond motifs is 1. The molecule has 1 aromatic carbocycles. The molecule has 0 saturated heterocycles. The van der Waals surface area contributed by atoms with E-state index in [4.69, 9.17) is 9.47 Å². The molecule has 1 aliphatic heterocycles. The Morgan fingerprint density at radius 2 is 2.12 bits per heavy atom. The minimum absolute atomic E-state index is 0.0155. The predicted octanol–water partition coefficient (Wildman–Crippen LogP) is 3.81. The van der Waals surface area contributed by atoms with Crippen LogP contribution in [0.25, 0.3) is 0 Å². The number of pyridine rings is 1. The van der Waals surface area contributed by atoms with Crippen molar-refractivity contribution in [2.75, 3.05) is 13.3 Å². The van der Waals surface area contributed by atoms with Gasteiger partial charge in [0.05, 0.1) is 0 Å². The number of carbonyl (C=O) groups is 1. The van der Waals surface area contributed by atoms with E-state index in [9.17, 15) is 4.79 Å². The summed E-state index contributed by atoms with van der Waals surface area (Å²) in [4.78, 5) is 19.3. The zero-order chi connectivity index (χ0) is 17.8. The largest absolute Gasteiger partial charge is 0.454 e. The van der Waals surface area contributed by atoms with Crippen molar-refractivity contribution in [2.24, 2.45) is 5.92 Å². The van der Waals surface area contributed by atoms with Crippen LogP contribution in [0.1, 0.15) is 35.2 Å². The maximum atomic E-state index is 13.2. The topological polar surface area (TPSA) is 51.7 Å².